The third-order valence-corrected chi connectivity index (χ3v) is 1.82. The molecule has 0 aliphatic carbocycles. The third-order valence-electron chi connectivity index (χ3n) is 1.82. The maximum Gasteiger partial charge on any atom is 0.124 e. The number of aliphatic hydroxyl groups is 1. The van der Waals surface area contributed by atoms with Gasteiger partial charge < -0.3 is 14.6 Å². The first-order valence-electron chi connectivity index (χ1n) is 4.04. The molecule has 0 fully saturated rings. The van der Waals surface area contributed by atoms with Crippen molar-refractivity contribution >= 4 is 6.29 Å². The largest absolute Gasteiger partial charge is 0.496 e. The number of ether oxygens (including phenoxy) is 1. The highest BCUT2D eigenvalue weighted by molar-refractivity contribution is 5.52. The number of hydrogen-bond acceptors (Lipinski definition) is 3. The lowest BCUT2D eigenvalue weighted by Crippen LogP contribution is -2.00. The Bertz CT molecular complexity index is 283. The molecule has 1 N–H and O–H groups in total. The van der Waals surface area contributed by atoms with Crippen LogP contribution >= 0.6 is 0 Å². The molecule has 70 valence electrons. The molecule has 3 nitrogen and oxygen atoms in total. The second-order valence-electron chi connectivity index (χ2n) is 2.66. The van der Waals surface area contributed by atoms with Gasteiger partial charge in [-0.05, 0) is 6.07 Å². The predicted molar refractivity (Wildman–Crippen MR) is 48.6 cm³/mol. The van der Waals surface area contributed by atoms with Gasteiger partial charge >= 0.3 is 0 Å². The average molecular weight is 180 g/mol. The van der Waals surface area contributed by atoms with Gasteiger partial charge in [0.15, 0.2) is 0 Å². The zero-order valence-electron chi connectivity index (χ0n) is 7.43. The van der Waals surface area contributed by atoms with Gasteiger partial charge in [-0.15, -0.1) is 0 Å². The summed E-state index contributed by atoms with van der Waals surface area (Å²) in [4.78, 5) is 10.2. The molecule has 3 heteroatoms. The Morgan fingerprint density at radius 2 is 2.23 bits per heavy atom. The lowest BCUT2D eigenvalue weighted by atomic mass is 10.1. The van der Waals surface area contributed by atoms with Gasteiger partial charge in [0.05, 0.1) is 13.2 Å². The molecule has 1 unspecified atom stereocenters. The van der Waals surface area contributed by atoms with E-state index >= 15 is 0 Å². The van der Waals surface area contributed by atoms with E-state index < -0.39 is 6.10 Å². The molecule has 0 spiro atoms. The van der Waals surface area contributed by atoms with Crippen LogP contribution in [0.4, 0.5) is 0 Å². The first-order valence-corrected chi connectivity index (χ1v) is 4.04. The van der Waals surface area contributed by atoms with Crippen LogP contribution in [0.3, 0.4) is 0 Å². The molecule has 0 heterocycles. The van der Waals surface area contributed by atoms with Gasteiger partial charge in [-0.25, -0.2) is 0 Å². The molecule has 0 saturated carbocycles. The highest BCUT2D eigenvalue weighted by Gasteiger charge is 2.11. The summed E-state index contributed by atoms with van der Waals surface area (Å²) in [5.41, 5.74) is 0.650. The third kappa shape index (κ3) is 2.29. The number of benzene rings is 1. The fraction of sp³-hybridized carbons (Fsp3) is 0.300. The maximum atomic E-state index is 10.2. The quantitative estimate of drug-likeness (QED) is 0.711. The smallest absolute Gasteiger partial charge is 0.124 e. The molecule has 1 aromatic carbocycles. The monoisotopic (exact) mass is 180 g/mol. The molecule has 0 amide bonds. The first-order chi connectivity index (χ1) is 6.29. The van der Waals surface area contributed by atoms with Gasteiger partial charge in [-0.3, -0.25) is 0 Å². The second kappa shape index (κ2) is 4.62. The number of aliphatic hydroxyl groups excluding tert-OH is 1. The summed E-state index contributed by atoms with van der Waals surface area (Å²) in [5.74, 6) is 0.608. The predicted octanol–water partition coefficient (Wildman–Crippen LogP) is 1.32. The normalized spacial score (nSPS) is 12.2. The molecular weight excluding hydrogens is 168 g/mol. The number of aldehydes is 1. The molecule has 0 aliphatic rings. The highest BCUT2D eigenvalue weighted by atomic mass is 16.5. The Morgan fingerprint density at radius 1 is 1.54 bits per heavy atom. The van der Waals surface area contributed by atoms with Crippen LogP contribution in [0.15, 0.2) is 24.3 Å². The molecular formula is C10H12O3. The van der Waals surface area contributed by atoms with Crippen LogP contribution < -0.4 is 4.74 Å². The molecule has 0 aliphatic heterocycles. The summed E-state index contributed by atoms with van der Waals surface area (Å²) in [6.45, 7) is 0. The van der Waals surface area contributed by atoms with Gasteiger partial charge in [0.25, 0.3) is 0 Å². The van der Waals surface area contributed by atoms with Crippen molar-refractivity contribution in [2.24, 2.45) is 0 Å². The van der Waals surface area contributed by atoms with Crippen molar-refractivity contribution < 1.29 is 14.6 Å². The minimum atomic E-state index is -0.770. The molecule has 1 rings (SSSR count). The van der Waals surface area contributed by atoms with Crippen LogP contribution in [0, 0.1) is 0 Å². The summed E-state index contributed by atoms with van der Waals surface area (Å²) in [7, 11) is 1.53. The average Bonchev–Trinajstić information content (AvgIpc) is 2.18. The van der Waals surface area contributed by atoms with E-state index in [0.29, 0.717) is 17.6 Å². The van der Waals surface area contributed by atoms with E-state index in [1.54, 1.807) is 18.2 Å². The maximum absolute atomic E-state index is 10.2. The Labute approximate surface area is 77.0 Å². The molecule has 0 radical (unpaired) electrons. The van der Waals surface area contributed by atoms with Crippen molar-refractivity contribution in [1.82, 2.24) is 0 Å². The molecule has 1 atom stereocenters. The fourth-order valence-electron chi connectivity index (χ4n) is 1.16. The number of rotatable bonds is 4. The van der Waals surface area contributed by atoms with Crippen molar-refractivity contribution in [1.29, 1.82) is 0 Å². The van der Waals surface area contributed by atoms with E-state index in [4.69, 9.17) is 4.74 Å². The van der Waals surface area contributed by atoms with Gasteiger partial charge in [0.2, 0.25) is 0 Å². The molecule has 13 heavy (non-hydrogen) atoms. The molecule has 0 saturated heterocycles. The van der Waals surface area contributed by atoms with Gasteiger partial charge in [-0.1, -0.05) is 18.2 Å². The van der Waals surface area contributed by atoms with Crippen molar-refractivity contribution in [2.75, 3.05) is 7.11 Å². The minimum Gasteiger partial charge on any atom is -0.496 e. The van der Waals surface area contributed by atoms with E-state index in [2.05, 4.69) is 0 Å². The number of para-hydroxylation sites is 1. The summed E-state index contributed by atoms with van der Waals surface area (Å²) < 4.78 is 5.04. The van der Waals surface area contributed by atoms with Crippen LogP contribution in [-0.4, -0.2) is 18.5 Å². The topological polar surface area (TPSA) is 46.5 Å². The summed E-state index contributed by atoms with van der Waals surface area (Å²) >= 11 is 0. The summed E-state index contributed by atoms with van der Waals surface area (Å²) in [6.07, 6.45) is 0.0194. The van der Waals surface area contributed by atoms with E-state index in [9.17, 15) is 9.90 Å². The summed E-state index contributed by atoms with van der Waals surface area (Å²) in [6, 6.07) is 7.11. The number of carbonyl (C=O) groups is 1. The van der Waals surface area contributed by atoms with E-state index in [1.165, 1.54) is 7.11 Å². The number of hydrogen-bond donors (Lipinski definition) is 1. The Morgan fingerprint density at radius 3 is 2.85 bits per heavy atom. The summed E-state index contributed by atoms with van der Waals surface area (Å²) in [5, 5.41) is 9.52. The van der Waals surface area contributed by atoms with Crippen LogP contribution in [0.5, 0.6) is 5.75 Å². The van der Waals surface area contributed by atoms with Crippen LogP contribution in [0.1, 0.15) is 18.1 Å². The van der Waals surface area contributed by atoms with Crippen molar-refractivity contribution in [3.63, 3.8) is 0 Å². The fourth-order valence-corrected chi connectivity index (χ4v) is 1.16. The van der Waals surface area contributed by atoms with Crippen molar-refractivity contribution in [3.05, 3.63) is 29.8 Å². The number of carbonyl (C=O) groups excluding carboxylic acids is 1. The SMILES string of the molecule is COc1ccccc1C(O)CC=O. The van der Waals surface area contributed by atoms with Crippen molar-refractivity contribution in [2.45, 2.75) is 12.5 Å². The minimum absolute atomic E-state index is 0.0976. The van der Waals surface area contributed by atoms with E-state index in [1.807, 2.05) is 6.07 Å². The van der Waals surface area contributed by atoms with Gasteiger partial charge in [-0.2, -0.15) is 0 Å². The van der Waals surface area contributed by atoms with Crippen molar-refractivity contribution in [3.8, 4) is 5.75 Å². The van der Waals surface area contributed by atoms with E-state index in [0.717, 1.165) is 0 Å². The Kier molecular flexibility index (Phi) is 3.46. The molecule has 1 aromatic rings. The van der Waals surface area contributed by atoms with Gasteiger partial charge in [0, 0.05) is 12.0 Å². The standard InChI is InChI=1S/C10H12O3/c1-13-10-5-3-2-4-8(10)9(12)6-7-11/h2-5,7,9,12H,6H2,1H3. The zero-order valence-corrected chi connectivity index (χ0v) is 7.43. The van der Waals surface area contributed by atoms with Gasteiger partial charge in [0.1, 0.15) is 12.0 Å². The second-order valence-corrected chi connectivity index (χ2v) is 2.66. The lowest BCUT2D eigenvalue weighted by Gasteiger charge is -2.11. The van der Waals surface area contributed by atoms with E-state index in [-0.39, 0.29) is 6.42 Å². The Balaban J connectivity index is 2.91. The highest BCUT2D eigenvalue weighted by Crippen LogP contribution is 2.25. The molecule has 0 bridgehead atoms. The molecule has 0 aromatic heterocycles. The van der Waals surface area contributed by atoms with Crippen LogP contribution in [0.2, 0.25) is 0 Å². The Hall–Kier alpha value is -1.35. The first kappa shape index (κ1) is 9.74. The zero-order chi connectivity index (χ0) is 9.68. The lowest BCUT2D eigenvalue weighted by molar-refractivity contribution is -0.109. The number of methoxy groups -OCH3 is 1. The van der Waals surface area contributed by atoms with Crippen LogP contribution in [0.25, 0.3) is 0 Å². The van der Waals surface area contributed by atoms with Crippen LogP contribution in [-0.2, 0) is 4.79 Å².